The maximum absolute atomic E-state index is 12.7. The van der Waals surface area contributed by atoms with Crippen LogP contribution in [0.5, 0.6) is 0 Å². The summed E-state index contributed by atoms with van der Waals surface area (Å²) in [6.45, 7) is 0.239. The van der Waals surface area contributed by atoms with Crippen molar-refractivity contribution in [1.29, 1.82) is 0 Å². The molecule has 0 spiro atoms. The van der Waals surface area contributed by atoms with E-state index in [2.05, 4.69) is 0 Å². The normalized spacial score (nSPS) is 26.4. The van der Waals surface area contributed by atoms with Crippen LogP contribution >= 0.6 is 0 Å². The van der Waals surface area contributed by atoms with Gasteiger partial charge in [-0.3, -0.25) is 14.4 Å². The molecule has 1 aliphatic heterocycles. The lowest BCUT2D eigenvalue weighted by atomic mass is 10.0. The van der Waals surface area contributed by atoms with E-state index in [4.69, 9.17) is 5.11 Å². The highest BCUT2D eigenvalue weighted by Crippen LogP contribution is 2.34. The van der Waals surface area contributed by atoms with Gasteiger partial charge in [0.25, 0.3) is 0 Å². The number of hydrogen-bond acceptors (Lipinski definition) is 3. The number of carboxylic acids is 1. The van der Waals surface area contributed by atoms with Gasteiger partial charge in [-0.05, 0) is 25.7 Å². The Morgan fingerprint density at radius 2 is 1.86 bits per heavy atom. The molecule has 0 aromatic heterocycles. The van der Waals surface area contributed by atoms with Gasteiger partial charge in [-0.2, -0.15) is 0 Å². The van der Waals surface area contributed by atoms with Crippen molar-refractivity contribution in [3.63, 3.8) is 0 Å². The van der Waals surface area contributed by atoms with Crippen molar-refractivity contribution >= 4 is 17.8 Å². The van der Waals surface area contributed by atoms with Crippen LogP contribution in [0.1, 0.15) is 44.9 Å². The van der Waals surface area contributed by atoms with Crippen LogP contribution in [0, 0.1) is 5.92 Å². The monoisotopic (exact) mass is 294 g/mol. The van der Waals surface area contributed by atoms with Crippen LogP contribution in [0.25, 0.3) is 0 Å². The second kappa shape index (κ2) is 5.66. The lowest BCUT2D eigenvalue weighted by molar-refractivity contribution is -0.148. The zero-order chi connectivity index (χ0) is 15.0. The second-order valence-corrected chi connectivity index (χ2v) is 6.48. The van der Waals surface area contributed by atoms with Gasteiger partial charge in [0.15, 0.2) is 0 Å². The number of aliphatic carboxylic acids is 1. The Balaban J connectivity index is 1.68. The van der Waals surface area contributed by atoms with E-state index in [1.54, 1.807) is 0 Å². The van der Waals surface area contributed by atoms with Crippen molar-refractivity contribution < 1.29 is 19.5 Å². The minimum Gasteiger partial charge on any atom is -0.480 e. The zero-order valence-corrected chi connectivity index (χ0v) is 12.2. The summed E-state index contributed by atoms with van der Waals surface area (Å²) in [7, 11) is 0. The maximum atomic E-state index is 12.7. The molecule has 0 bridgehead atoms. The molecule has 21 heavy (non-hydrogen) atoms. The predicted octanol–water partition coefficient (Wildman–Crippen LogP) is 0.853. The molecule has 0 aromatic rings. The second-order valence-electron chi connectivity index (χ2n) is 6.48. The van der Waals surface area contributed by atoms with Crippen LogP contribution in [0.2, 0.25) is 0 Å². The highest BCUT2D eigenvalue weighted by molar-refractivity contribution is 5.91. The number of likely N-dealkylation sites (tertiary alicyclic amines) is 1. The fraction of sp³-hybridized carbons (Fsp3) is 0.800. The molecule has 0 radical (unpaired) electrons. The lowest BCUT2D eigenvalue weighted by Crippen LogP contribution is -2.45. The number of rotatable bonds is 5. The summed E-state index contributed by atoms with van der Waals surface area (Å²) < 4.78 is 0. The van der Waals surface area contributed by atoms with Gasteiger partial charge in [0.2, 0.25) is 11.8 Å². The summed E-state index contributed by atoms with van der Waals surface area (Å²) in [6.07, 6.45) is 6.18. The van der Waals surface area contributed by atoms with E-state index in [1.165, 1.54) is 4.90 Å². The number of carboxylic acid groups (broad SMARTS) is 1. The van der Waals surface area contributed by atoms with E-state index in [0.29, 0.717) is 12.6 Å². The first-order valence-corrected chi connectivity index (χ1v) is 7.88. The summed E-state index contributed by atoms with van der Waals surface area (Å²) in [5, 5.41) is 9.07. The Kier molecular flexibility index (Phi) is 3.87. The minimum atomic E-state index is -0.973. The van der Waals surface area contributed by atoms with Gasteiger partial charge in [-0.1, -0.05) is 12.8 Å². The first-order valence-electron chi connectivity index (χ1n) is 7.88. The first-order chi connectivity index (χ1) is 10.1. The number of carbonyl (C=O) groups is 3. The standard InChI is InChI=1S/C15H22N2O4/c18-13-7-10(8-16(13)12-5-6-12)15(21)17(9-14(19)20)11-3-1-2-4-11/h10-12H,1-9H2,(H,19,20). The van der Waals surface area contributed by atoms with Gasteiger partial charge >= 0.3 is 5.97 Å². The van der Waals surface area contributed by atoms with Gasteiger partial charge in [-0.25, -0.2) is 0 Å². The Morgan fingerprint density at radius 3 is 2.43 bits per heavy atom. The van der Waals surface area contributed by atoms with Gasteiger partial charge in [0.05, 0.1) is 5.92 Å². The highest BCUT2D eigenvalue weighted by atomic mass is 16.4. The molecule has 2 aliphatic carbocycles. The van der Waals surface area contributed by atoms with Crippen LogP contribution in [-0.2, 0) is 14.4 Å². The van der Waals surface area contributed by atoms with Crippen LogP contribution in [0.4, 0.5) is 0 Å². The van der Waals surface area contributed by atoms with E-state index < -0.39 is 5.97 Å². The van der Waals surface area contributed by atoms with Gasteiger partial charge in [0, 0.05) is 25.0 Å². The van der Waals surface area contributed by atoms with Gasteiger partial charge in [0.1, 0.15) is 6.54 Å². The number of nitrogens with zero attached hydrogens (tertiary/aromatic N) is 2. The van der Waals surface area contributed by atoms with Gasteiger partial charge < -0.3 is 14.9 Å². The fourth-order valence-corrected chi connectivity index (χ4v) is 3.62. The van der Waals surface area contributed by atoms with E-state index in [9.17, 15) is 14.4 Å². The minimum absolute atomic E-state index is 0.0404. The summed E-state index contributed by atoms with van der Waals surface area (Å²) in [6, 6.07) is 0.369. The number of hydrogen-bond donors (Lipinski definition) is 1. The molecule has 116 valence electrons. The zero-order valence-electron chi connectivity index (χ0n) is 12.2. The molecule has 3 aliphatic rings. The molecule has 1 atom stereocenters. The fourth-order valence-electron chi connectivity index (χ4n) is 3.62. The van der Waals surface area contributed by atoms with E-state index >= 15 is 0 Å². The average molecular weight is 294 g/mol. The van der Waals surface area contributed by atoms with Crippen molar-refractivity contribution in [3.05, 3.63) is 0 Å². The summed E-state index contributed by atoms with van der Waals surface area (Å²) in [4.78, 5) is 39.1. The predicted molar refractivity (Wildman–Crippen MR) is 74.4 cm³/mol. The molecule has 0 aromatic carbocycles. The van der Waals surface area contributed by atoms with E-state index in [-0.39, 0.29) is 36.7 Å². The van der Waals surface area contributed by atoms with Crippen LogP contribution in [0.15, 0.2) is 0 Å². The molecule has 6 nitrogen and oxygen atoms in total. The third-order valence-electron chi connectivity index (χ3n) is 4.85. The molecular formula is C15H22N2O4. The van der Waals surface area contributed by atoms with Gasteiger partial charge in [-0.15, -0.1) is 0 Å². The largest absolute Gasteiger partial charge is 0.480 e. The van der Waals surface area contributed by atoms with Crippen LogP contribution < -0.4 is 0 Å². The smallest absolute Gasteiger partial charge is 0.323 e. The molecule has 2 saturated carbocycles. The lowest BCUT2D eigenvalue weighted by Gasteiger charge is -2.29. The third-order valence-corrected chi connectivity index (χ3v) is 4.85. The van der Waals surface area contributed by atoms with E-state index in [1.807, 2.05) is 4.90 Å². The molecule has 3 fully saturated rings. The average Bonchev–Trinajstić information content (AvgIpc) is 2.99. The quantitative estimate of drug-likeness (QED) is 0.815. The molecule has 2 amide bonds. The molecule has 1 saturated heterocycles. The van der Waals surface area contributed by atoms with Crippen molar-refractivity contribution in [3.8, 4) is 0 Å². The summed E-state index contributed by atoms with van der Waals surface area (Å²) >= 11 is 0. The third kappa shape index (κ3) is 3.04. The first kappa shape index (κ1) is 14.4. The number of amides is 2. The molecule has 1 heterocycles. The molecule has 1 N–H and O–H groups in total. The van der Waals surface area contributed by atoms with Crippen LogP contribution in [0.3, 0.4) is 0 Å². The SMILES string of the molecule is O=C(O)CN(C(=O)C1CC(=O)N(C2CC2)C1)C1CCCC1. The Labute approximate surface area is 124 Å². The van der Waals surface area contributed by atoms with Crippen LogP contribution in [-0.4, -0.2) is 57.9 Å². The van der Waals surface area contributed by atoms with E-state index in [0.717, 1.165) is 38.5 Å². The van der Waals surface area contributed by atoms with Crippen molar-refractivity contribution in [2.75, 3.05) is 13.1 Å². The van der Waals surface area contributed by atoms with Crippen molar-refractivity contribution in [2.24, 2.45) is 5.92 Å². The number of carbonyl (C=O) groups excluding carboxylic acids is 2. The molecule has 3 rings (SSSR count). The molecular weight excluding hydrogens is 272 g/mol. The Morgan fingerprint density at radius 1 is 1.19 bits per heavy atom. The summed E-state index contributed by atoms with van der Waals surface area (Å²) in [5.74, 6) is -1.41. The van der Waals surface area contributed by atoms with Crippen molar-refractivity contribution in [1.82, 2.24) is 9.80 Å². The Hall–Kier alpha value is -1.59. The Bertz CT molecular complexity index is 455. The topological polar surface area (TPSA) is 77.9 Å². The maximum Gasteiger partial charge on any atom is 0.323 e. The summed E-state index contributed by atoms with van der Waals surface area (Å²) in [5.41, 5.74) is 0. The molecule has 1 unspecified atom stereocenters. The molecule has 6 heteroatoms. The van der Waals surface area contributed by atoms with Crippen molar-refractivity contribution in [2.45, 2.75) is 57.0 Å². The highest BCUT2D eigenvalue weighted by Gasteiger charge is 2.44.